The second-order valence-corrected chi connectivity index (χ2v) is 7.84. The van der Waals surface area contributed by atoms with Gasteiger partial charge in [0.05, 0.1) is 6.04 Å². The van der Waals surface area contributed by atoms with Crippen molar-refractivity contribution >= 4 is 12.0 Å². The van der Waals surface area contributed by atoms with E-state index < -0.39 is 5.60 Å². The largest absolute Gasteiger partial charge is 0.444 e. The molecule has 0 aromatic carbocycles. The molecule has 2 fully saturated rings. The van der Waals surface area contributed by atoms with Gasteiger partial charge >= 0.3 is 6.09 Å². The zero-order valence-corrected chi connectivity index (χ0v) is 15.7. The highest BCUT2D eigenvalue weighted by molar-refractivity contribution is 5.82. The highest BCUT2D eigenvalue weighted by Gasteiger charge is 2.34. The number of amides is 2. The number of piperidine rings is 1. The molecule has 0 N–H and O–H groups in total. The summed E-state index contributed by atoms with van der Waals surface area (Å²) in [5, 5.41) is 0. The van der Waals surface area contributed by atoms with Gasteiger partial charge in [-0.15, -0.1) is 0 Å². The monoisotopic (exact) mass is 339 g/mol. The molecule has 1 unspecified atom stereocenters. The third kappa shape index (κ3) is 5.10. The summed E-state index contributed by atoms with van der Waals surface area (Å²) < 4.78 is 5.41. The molecule has 2 aliphatic heterocycles. The van der Waals surface area contributed by atoms with E-state index in [1.807, 2.05) is 25.7 Å². The Kier molecular flexibility index (Phi) is 6.49. The third-order valence-electron chi connectivity index (χ3n) is 4.65. The fourth-order valence-electron chi connectivity index (χ4n) is 3.47. The molecule has 1 atom stereocenters. The first kappa shape index (κ1) is 19.0. The van der Waals surface area contributed by atoms with Crippen LogP contribution in [0.25, 0.3) is 0 Å². The van der Waals surface area contributed by atoms with Crippen LogP contribution in [-0.4, -0.2) is 77.6 Å². The smallest absolute Gasteiger partial charge is 0.410 e. The molecule has 0 bridgehead atoms. The van der Waals surface area contributed by atoms with Crippen molar-refractivity contribution in [2.75, 3.05) is 39.3 Å². The van der Waals surface area contributed by atoms with Crippen LogP contribution in [0.2, 0.25) is 0 Å². The average molecular weight is 339 g/mol. The molecular weight excluding hydrogens is 306 g/mol. The van der Waals surface area contributed by atoms with E-state index in [0.29, 0.717) is 26.2 Å². The van der Waals surface area contributed by atoms with E-state index in [9.17, 15) is 9.59 Å². The van der Waals surface area contributed by atoms with E-state index in [1.54, 1.807) is 4.90 Å². The Hall–Kier alpha value is -1.30. The van der Waals surface area contributed by atoms with Gasteiger partial charge in [-0.05, 0) is 53.1 Å². The topological polar surface area (TPSA) is 53.1 Å². The number of hydrogen-bond acceptors (Lipinski definition) is 4. The fraction of sp³-hybridized carbons (Fsp3) is 0.889. The molecule has 24 heavy (non-hydrogen) atoms. The summed E-state index contributed by atoms with van der Waals surface area (Å²) in [6, 6.07) is 0.0341. The molecule has 0 aromatic rings. The van der Waals surface area contributed by atoms with Gasteiger partial charge in [-0.2, -0.15) is 0 Å². The first-order chi connectivity index (χ1) is 11.3. The Morgan fingerprint density at radius 3 is 2.21 bits per heavy atom. The summed E-state index contributed by atoms with van der Waals surface area (Å²) in [6.07, 6.45) is 4.09. The molecule has 2 amide bonds. The number of carbonyl (C=O) groups is 2. The van der Waals surface area contributed by atoms with Gasteiger partial charge in [0.1, 0.15) is 5.60 Å². The lowest BCUT2D eigenvalue weighted by molar-refractivity contribution is -0.140. The van der Waals surface area contributed by atoms with Crippen LogP contribution in [0.5, 0.6) is 0 Å². The van der Waals surface area contributed by atoms with E-state index in [0.717, 1.165) is 32.4 Å². The lowest BCUT2D eigenvalue weighted by Crippen LogP contribution is -2.57. The predicted octanol–water partition coefficient (Wildman–Crippen LogP) is 2.33. The van der Waals surface area contributed by atoms with Crippen LogP contribution in [0.15, 0.2) is 0 Å². The maximum absolute atomic E-state index is 12.9. The summed E-state index contributed by atoms with van der Waals surface area (Å²) in [4.78, 5) is 31.0. The van der Waals surface area contributed by atoms with Crippen LogP contribution >= 0.6 is 0 Å². The maximum Gasteiger partial charge on any atom is 0.410 e. The lowest BCUT2D eigenvalue weighted by Gasteiger charge is -2.41. The minimum Gasteiger partial charge on any atom is -0.444 e. The average Bonchev–Trinajstić information content (AvgIpc) is 2.54. The molecule has 0 aliphatic carbocycles. The van der Waals surface area contributed by atoms with E-state index in [-0.39, 0.29) is 18.0 Å². The summed E-state index contributed by atoms with van der Waals surface area (Å²) in [5.74, 6) is 0.243. The van der Waals surface area contributed by atoms with Gasteiger partial charge in [0.2, 0.25) is 5.91 Å². The van der Waals surface area contributed by atoms with E-state index in [1.165, 1.54) is 6.42 Å². The quantitative estimate of drug-likeness (QED) is 0.792. The van der Waals surface area contributed by atoms with Crippen molar-refractivity contribution in [3.63, 3.8) is 0 Å². The molecule has 0 saturated carbocycles. The number of piperazine rings is 1. The van der Waals surface area contributed by atoms with Gasteiger partial charge in [0.25, 0.3) is 0 Å². The predicted molar refractivity (Wildman–Crippen MR) is 93.9 cm³/mol. The van der Waals surface area contributed by atoms with Gasteiger partial charge in [0, 0.05) is 26.2 Å². The molecule has 2 saturated heterocycles. The highest BCUT2D eigenvalue weighted by Crippen LogP contribution is 2.20. The van der Waals surface area contributed by atoms with Gasteiger partial charge in [0.15, 0.2) is 0 Å². The highest BCUT2D eigenvalue weighted by atomic mass is 16.6. The van der Waals surface area contributed by atoms with Crippen molar-refractivity contribution in [1.29, 1.82) is 0 Å². The Labute approximate surface area is 146 Å². The summed E-state index contributed by atoms with van der Waals surface area (Å²) in [7, 11) is 0. The van der Waals surface area contributed by atoms with Gasteiger partial charge < -0.3 is 14.5 Å². The van der Waals surface area contributed by atoms with Crippen molar-refractivity contribution in [1.82, 2.24) is 14.7 Å². The zero-order valence-electron chi connectivity index (χ0n) is 15.7. The van der Waals surface area contributed by atoms with Crippen LogP contribution in [-0.2, 0) is 9.53 Å². The van der Waals surface area contributed by atoms with E-state index in [2.05, 4.69) is 11.8 Å². The van der Waals surface area contributed by atoms with E-state index in [4.69, 9.17) is 4.74 Å². The number of rotatable bonds is 3. The van der Waals surface area contributed by atoms with Crippen LogP contribution in [0.3, 0.4) is 0 Å². The van der Waals surface area contributed by atoms with Crippen molar-refractivity contribution in [2.45, 2.75) is 65.0 Å². The number of likely N-dealkylation sites (tertiary alicyclic amines) is 1. The van der Waals surface area contributed by atoms with Crippen molar-refractivity contribution in [3.05, 3.63) is 0 Å². The Balaban J connectivity index is 1.86. The number of ether oxygens (including phenoxy) is 1. The first-order valence-corrected chi connectivity index (χ1v) is 9.32. The zero-order chi connectivity index (χ0) is 17.7. The Morgan fingerprint density at radius 2 is 1.62 bits per heavy atom. The Bertz CT molecular complexity index is 437. The molecule has 2 aliphatic rings. The van der Waals surface area contributed by atoms with Gasteiger partial charge in [-0.1, -0.05) is 13.3 Å². The van der Waals surface area contributed by atoms with Crippen molar-refractivity contribution < 1.29 is 14.3 Å². The van der Waals surface area contributed by atoms with Crippen LogP contribution in [0.4, 0.5) is 4.79 Å². The molecule has 0 spiro atoms. The minimum absolute atomic E-state index is 0.0341. The molecule has 6 heteroatoms. The third-order valence-corrected chi connectivity index (χ3v) is 4.65. The SMILES string of the molecule is CCCN1CCCCC1C(=O)N1CCN(C(=O)OC(C)(C)C)CC1. The van der Waals surface area contributed by atoms with Gasteiger partial charge in [-0.3, -0.25) is 9.69 Å². The van der Waals surface area contributed by atoms with Crippen LogP contribution in [0.1, 0.15) is 53.4 Å². The van der Waals surface area contributed by atoms with Crippen molar-refractivity contribution in [2.24, 2.45) is 0 Å². The molecule has 2 heterocycles. The van der Waals surface area contributed by atoms with E-state index >= 15 is 0 Å². The second-order valence-electron chi connectivity index (χ2n) is 7.84. The molecule has 6 nitrogen and oxygen atoms in total. The number of carbonyl (C=O) groups excluding carboxylic acids is 2. The summed E-state index contributed by atoms with van der Waals surface area (Å²) in [5.41, 5.74) is -0.479. The molecule has 0 radical (unpaired) electrons. The standard InChI is InChI=1S/C18H33N3O3/c1-5-9-19-10-7-6-8-15(19)16(22)20-11-13-21(14-12-20)17(23)24-18(2,3)4/h15H,5-14H2,1-4H3. The second kappa shape index (κ2) is 8.19. The normalized spacial score (nSPS) is 23.2. The van der Waals surface area contributed by atoms with Crippen molar-refractivity contribution in [3.8, 4) is 0 Å². The van der Waals surface area contributed by atoms with Crippen LogP contribution in [0, 0.1) is 0 Å². The molecular formula is C18H33N3O3. The number of nitrogens with zero attached hydrogens (tertiary/aromatic N) is 3. The van der Waals surface area contributed by atoms with Gasteiger partial charge in [-0.25, -0.2) is 4.79 Å². The number of hydrogen-bond donors (Lipinski definition) is 0. The summed E-state index contributed by atoms with van der Waals surface area (Å²) >= 11 is 0. The Morgan fingerprint density at radius 1 is 1.00 bits per heavy atom. The molecule has 138 valence electrons. The van der Waals surface area contributed by atoms with Crippen LogP contribution < -0.4 is 0 Å². The maximum atomic E-state index is 12.9. The summed E-state index contributed by atoms with van der Waals surface area (Å²) in [6.45, 7) is 12.1. The molecule has 2 rings (SSSR count). The lowest BCUT2D eigenvalue weighted by atomic mass is 10.0. The fourth-order valence-corrected chi connectivity index (χ4v) is 3.47. The first-order valence-electron chi connectivity index (χ1n) is 9.32. The molecule has 0 aromatic heterocycles. The minimum atomic E-state index is -0.479.